The summed E-state index contributed by atoms with van der Waals surface area (Å²) in [6.45, 7) is 8.01. The van der Waals surface area contributed by atoms with E-state index >= 15 is 0 Å². The molecule has 0 saturated carbocycles. The molecule has 0 bridgehead atoms. The highest BCUT2D eigenvalue weighted by atomic mass is 32.2. The Morgan fingerprint density at radius 2 is 1.56 bits per heavy atom. The van der Waals surface area contributed by atoms with Gasteiger partial charge in [0.1, 0.15) is 5.82 Å². The molecule has 5 aromatic rings. The van der Waals surface area contributed by atoms with Crippen LogP contribution in [0.4, 0.5) is 0 Å². The molecule has 8 heteroatoms. The summed E-state index contributed by atoms with van der Waals surface area (Å²) in [7, 11) is -2.34. The Balaban J connectivity index is 1.60. The van der Waals surface area contributed by atoms with Crippen molar-refractivity contribution in [3.63, 3.8) is 0 Å². The minimum Gasteiger partial charge on any atom is -0.268 e. The van der Waals surface area contributed by atoms with E-state index in [9.17, 15) is 13.2 Å². The lowest BCUT2D eigenvalue weighted by molar-refractivity contribution is 0.379. The summed E-state index contributed by atoms with van der Waals surface area (Å²) < 4.78 is 30.2. The number of hydrogen-bond donors (Lipinski definition) is 0. The van der Waals surface area contributed by atoms with E-state index in [-0.39, 0.29) is 15.9 Å². The summed E-state index contributed by atoms with van der Waals surface area (Å²) in [5.41, 5.74) is 4.00. The average molecular weight is 558 g/mol. The molecule has 2 aromatic heterocycles. The van der Waals surface area contributed by atoms with Crippen LogP contribution in [0.15, 0.2) is 99.3 Å². The second-order valence-electron chi connectivity index (χ2n) is 10.7. The van der Waals surface area contributed by atoms with Crippen LogP contribution in [0.1, 0.15) is 45.1 Å². The van der Waals surface area contributed by atoms with Crippen molar-refractivity contribution >= 4 is 32.3 Å². The molecular formula is C31H31N3O3S2. The van der Waals surface area contributed by atoms with E-state index in [0.29, 0.717) is 22.4 Å². The third-order valence-electron chi connectivity index (χ3n) is 7.10. The van der Waals surface area contributed by atoms with E-state index in [0.717, 1.165) is 16.7 Å². The zero-order valence-electron chi connectivity index (χ0n) is 22.6. The van der Waals surface area contributed by atoms with Crippen LogP contribution in [0.5, 0.6) is 0 Å². The number of aromatic nitrogens is 2. The van der Waals surface area contributed by atoms with Crippen LogP contribution in [-0.2, 0) is 15.4 Å². The number of benzene rings is 3. The third kappa shape index (κ3) is 5.07. The Bertz CT molecular complexity index is 1780. The summed E-state index contributed by atoms with van der Waals surface area (Å²) in [6, 6.07) is 23.1. The molecule has 0 saturated heterocycles. The molecule has 0 fully saturated rings. The molecule has 5 rings (SSSR count). The van der Waals surface area contributed by atoms with Crippen LogP contribution in [0.3, 0.4) is 0 Å². The Hall–Kier alpha value is -3.59. The van der Waals surface area contributed by atoms with Gasteiger partial charge >= 0.3 is 0 Å². The van der Waals surface area contributed by atoms with Crippen molar-refractivity contribution in [3.8, 4) is 16.8 Å². The van der Waals surface area contributed by atoms with Crippen LogP contribution in [0.2, 0.25) is 0 Å². The minimum absolute atomic E-state index is 0.0917. The quantitative estimate of drug-likeness (QED) is 0.230. The van der Waals surface area contributed by atoms with E-state index in [1.807, 2.05) is 53.9 Å². The van der Waals surface area contributed by atoms with Crippen LogP contribution in [0, 0.1) is 0 Å². The number of fused-ring (bicyclic) bond motifs is 1. The first-order valence-electron chi connectivity index (χ1n) is 12.7. The lowest BCUT2D eigenvalue weighted by Crippen LogP contribution is -2.35. The number of thiophene rings is 1. The van der Waals surface area contributed by atoms with Crippen LogP contribution in [0.25, 0.3) is 27.7 Å². The van der Waals surface area contributed by atoms with Gasteiger partial charge in [0.15, 0.2) is 0 Å². The maximum absolute atomic E-state index is 13.8. The van der Waals surface area contributed by atoms with E-state index < -0.39 is 16.1 Å². The standard InChI is InChI=1S/C31H31N3O3S2/c1-21(33(5)39(36,37)26-16-12-24(13-17-26)31(2,3)4)29-32-28-9-7-6-8-27(28)30(35)34(29)25-14-10-22(11-15-25)23-18-19-38-20-23/h6-21H,1-5H3. The predicted molar refractivity (Wildman–Crippen MR) is 159 cm³/mol. The first-order chi connectivity index (χ1) is 18.5. The molecule has 0 amide bonds. The van der Waals surface area contributed by atoms with Crippen molar-refractivity contribution in [2.75, 3.05) is 7.05 Å². The molecule has 0 aliphatic heterocycles. The lowest BCUT2D eigenvalue weighted by atomic mass is 9.87. The van der Waals surface area contributed by atoms with Gasteiger partial charge in [0.25, 0.3) is 5.56 Å². The highest BCUT2D eigenvalue weighted by Crippen LogP contribution is 2.30. The molecule has 200 valence electrons. The van der Waals surface area contributed by atoms with Gasteiger partial charge in [0.2, 0.25) is 10.0 Å². The molecule has 0 aliphatic rings. The molecular weight excluding hydrogens is 526 g/mol. The number of sulfonamides is 1. The Morgan fingerprint density at radius 3 is 2.18 bits per heavy atom. The molecule has 39 heavy (non-hydrogen) atoms. The molecule has 1 atom stereocenters. The smallest absolute Gasteiger partial charge is 0.266 e. The lowest BCUT2D eigenvalue weighted by Gasteiger charge is -2.27. The first kappa shape index (κ1) is 27.0. The van der Waals surface area contributed by atoms with E-state index in [4.69, 9.17) is 4.98 Å². The maximum atomic E-state index is 13.8. The minimum atomic E-state index is -3.87. The summed E-state index contributed by atoms with van der Waals surface area (Å²) in [6.07, 6.45) is 0. The van der Waals surface area contributed by atoms with Gasteiger partial charge in [0.05, 0.1) is 27.5 Å². The van der Waals surface area contributed by atoms with E-state index in [1.165, 1.54) is 15.9 Å². The second-order valence-corrected chi connectivity index (χ2v) is 13.4. The summed E-state index contributed by atoms with van der Waals surface area (Å²) >= 11 is 1.62. The zero-order valence-corrected chi connectivity index (χ0v) is 24.3. The normalized spacial score (nSPS) is 13.2. The molecule has 0 aliphatic carbocycles. The second kappa shape index (κ2) is 10.2. The molecule has 1 unspecified atom stereocenters. The molecule has 0 radical (unpaired) electrons. The number of nitrogens with zero attached hydrogens (tertiary/aromatic N) is 3. The van der Waals surface area contributed by atoms with Gasteiger partial charge in [-0.1, -0.05) is 57.2 Å². The maximum Gasteiger partial charge on any atom is 0.266 e. The highest BCUT2D eigenvalue weighted by molar-refractivity contribution is 7.89. The van der Waals surface area contributed by atoms with Gasteiger partial charge in [-0.25, -0.2) is 13.4 Å². The number of para-hydroxylation sites is 1. The Kier molecular flexibility index (Phi) is 7.05. The number of rotatable bonds is 6. The van der Waals surface area contributed by atoms with Crippen molar-refractivity contribution in [3.05, 3.63) is 111 Å². The fourth-order valence-electron chi connectivity index (χ4n) is 4.58. The SMILES string of the molecule is CC(c1nc2ccccc2c(=O)n1-c1ccc(-c2ccsc2)cc1)N(C)S(=O)(=O)c1ccc(C(C)(C)C)cc1. The topological polar surface area (TPSA) is 72.3 Å². The fourth-order valence-corrected chi connectivity index (χ4v) is 6.56. The van der Waals surface area contributed by atoms with E-state index in [2.05, 4.69) is 26.2 Å². The summed E-state index contributed by atoms with van der Waals surface area (Å²) in [5, 5.41) is 4.56. The van der Waals surface area contributed by atoms with Crippen molar-refractivity contribution < 1.29 is 8.42 Å². The van der Waals surface area contributed by atoms with Gasteiger partial charge in [-0.2, -0.15) is 15.6 Å². The van der Waals surface area contributed by atoms with Gasteiger partial charge in [-0.3, -0.25) is 9.36 Å². The Morgan fingerprint density at radius 1 is 0.897 bits per heavy atom. The monoisotopic (exact) mass is 557 g/mol. The van der Waals surface area contributed by atoms with Crippen LogP contribution in [-0.4, -0.2) is 29.3 Å². The summed E-state index contributed by atoms with van der Waals surface area (Å²) in [5.74, 6) is 0.347. The van der Waals surface area contributed by atoms with Gasteiger partial charge in [-0.15, -0.1) is 0 Å². The third-order valence-corrected chi connectivity index (χ3v) is 9.72. The number of hydrogen-bond acceptors (Lipinski definition) is 5. The molecule has 2 heterocycles. The van der Waals surface area contributed by atoms with Gasteiger partial charge in [-0.05, 0) is 82.3 Å². The van der Waals surface area contributed by atoms with Crippen molar-refractivity contribution in [1.82, 2.24) is 13.9 Å². The van der Waals surface area contributed by atoms with Crippen molar-refractivity contribution in [2.24, 2.45) is 0 Å². The largest absolute Gasteiger partial charge is 0.268 e. The first-order valence-corrected chi connectivity index (χ1v) is 15.1. The summed E-state index contributed by atoms with van der Waals surface area (Å²) in [4.78, 5) is 18.8. The van der Waals surface area contributed by atoms with Crippen molar-refractivity contribution in [2.45, 2.75) is 44.0 Å². The highest BCUT2D eigenvalue weighted by Gasteiger charge is 2.30. The molecule has 0 spiro atoms. The van der Waals surface area contributed by atoms with Crippen molar-refractivity contribution in [1.29, 1.82) is 0 Å². The molecule has 6 nitrogen and oxygen atoms in total. The molecule has 0 N–H and O–H groups in total. The predicted octanol–water partition coefficient (Wildman–Crippen LogP) is 6.79. The average Bonchev–Trinajstić information content (AvgIpc) is 3.47. The van der Waals surface area contributed by atoms with Gasteiger partial charge in [0, 0.05) is 7.05 Å². The van der Waals surface area contributed by atoms with Crippen LogP contribution < -0.4 is 5.56 Å². The van der Waals surface area contributed by atoms with Gasteiger partial charge < -0.3 is 0 Å². The fraction of sp³-hybridized carbons (Fsp3) is 0.226. The Labute approximate surface area is 233 Å². The zero-order chi connectivity index (χ0) is 27.9. The van der Waals surface area contributed by atoms with Crippen LogP contribution >= 0.6 is 11.3 Å². The molecule has 3 aromatic carbocycles. The van der Waals surface area contributed by atoms with E-state index in [1.54, 1.807) is 48.6 Å².